The van der Waals surface area contributed by atoms with Crippen LogP contribution in [0, 0.1) is 5.92 Å². The zero-order valence-corrected chi connectivity index (χ0v) is 12.6. The van der Waals surface area contributed by atoms with Crippen LogP contribution in [-0.2, 0) is 0 Å². The topological polar surface area (TPSA) is 56.8 Å². The lowest BCUT2D eigenvalue weighted by atomic mass is 9.82. The predicted octanol–water partition coefficient (Wildman–Crippen LogP) is 2.20. The van der Waals surface area contributed by atoms with Gasteiger partial charge in [-0.3, -0.25) is 4.79 Å². The number of hydrogen-bond donors (Lipinski definition) is 1. The summed E-state index contributed by atoms with van der Waals surface area (Å²) in [5.74, 6) is 1.98. The van der Waals surface area contributed by atoms with Crippen LogP contribution in [0.15, 0.2) is 6.07 Å². The second kappa shape index (κ2) is 5.61. The van der Waals surface area contributed by atoms with E-state index in [9.17, 15) is 4.79 Å². The van der Waals surface area contributed by atoms with Crippen LogP contribution in [0.25, 0.3) is 0 Å². The second-order valence-electron chi connectivity index (χ2n) is 5.17. The molecule has 2 rings (SSSR count). The van der Waals surface area contributed by atoms with Crippen LogP contribution in [0.2, 0.25) is 0 Å². The van der Waals surface area contributed by atoms with Gasteiger partial charge in [0.1, 0.15) is 0 Å². The van der Waals surface area contributed by atoms with Crippen LogP contribution in [0.1, 0.15) is 35.7 Å². The molecule has 1 N–H and O–H groups in total. The molecular weight excluding hydrogens is 258 g/mol. The van der Waals surface area contributed by atoms with Crippen molar-refractivity contribution in [2.45, 2.75) is 19.8 Å². The Morgan fingerprint density at radius 3 is 2.30 bits per heavy atom. The molecule has 5 heteroatoms. The first-order valence-electron chi connectivity index (χ1n) is 6.66. The number of benzene rings is 1. The molecule has 5 nitrogen and oxygen atoms in total. The Balaban J connectivity index is 2.73. The third-order valence-electron chi connectivity index (χ3n) is 3.77. The summed E-state index contributed by atoms with van der Waals surface area (Å²) in [4.78, 5) is 12.2. The van der Waals surface area contributed by atoms with Gasteiger partial charge in [-0.05, 0) is 17.5 Å². The highest BCUT2D eigenvalue weighted by Gasteiger charge is 2.33. The minimum atomic E-state index is -0.130. The summed E-state index contributed by atoms with van der Waals surface area (Å²) in [6, 6.07) is 1.89. The van der Waals surface area contributed by atoms with Crippen LogP contribution in [-0.4, -0.2) is 33.8 Å². The number of carbonyl (C=O) groups is 1. The number of nitrogens with one attached hydrogen (secondary N) is 1. The van der Waals surface area contributed by atoms with Crippen molar-refractivity contribution in [3.8, 4) is 17.2 Å². The molecule has 0 aliphatic carbocycles. The molecule has 1 heterocycles. The Kier molecular flexibility index (Phi) is 4.06. The number of rotatable bonds is 4. The largest absolute Gasteiger partial charge is 0.493 e. The van der Waals surface area contributed by atoms with E-state index < -0.39 is 0 Å². The molecule has 20 heavy (non-hydrogen) atoms. The highest BCUT2D eigenvalue weighted by molar-refractivity contribution is 6.01. The molecule has 1 aliphatic rings. The number of hydrogen-bond acceptors (Lipinski definition) is 4. The van der Waals surface area contributed by atoms with Crippen LogP contribution in [0.5, 0.6) is 17.2 Å². The zero-order valence-electron chi connectivity index (χ0n) is 12.6. The minimum Gasteiger partial charge on any atom is -0.493 e. The molecule has 0 spiro atoms. The number of carbonyl (C=O) groups excluding carboxylic acids is 1. The molecule has 0 aromatic heterocycles. The molecule has 0 fully saturated rings. The van der Waals surface area contributed by atoms with Crippen molar-refractivity contribution in [2.24, 2.45) is 5.92 Å². The van der Waals surface area contributed by atoms with E-state index in [2.05, 4.69) is 19.2 Å². The Morgan fingerprint density at radius 1 is 1.15 bits per heavy atom. The summed E-state index contributed by atoms with van der Waals surface area (Å²) >= 11 is 0. The molecule has 1 aliphatic heterocycles. The number of ether oxygens (including phenoxy) is 3. The first-order chi connectivity index (χ1) is 9.54. The maximum atomic E-state index is 12.2. The van der Waals surface area contributed by atoms with Gasteiger partial charge in [0.25, 0.3) is 5.91 Å². The molecule has 0 saturated heterocycles. The summed E-state index contributed by atoms with van der Waals surface area (Å²) < 4.78 is 16.1. The van der Waals surface area contributed by atoms with E-state index in [0.717, 1.165) is 5.56 Å². The first kappa shape index (κ1) is 14.5. The number of methoxy groups -OCH3 is 3. The Hall–Kier alpha value is -1.91. The van der Waals surface area contributed by atoms with Gasteiger partial charge in [0.15, 0.2) is 11.5 Å². The van der Waals surface area contributed by atoms with Gasteiger partial charge in [0, 0.05) is 12.5 Å². The normalized spacial score (nSPS) is 17.5. The van der Waals surface area contributed by atoms with Crippen molar-refractivity contribution in [2.75, 3.05) is 27.9 Å². The lowest BCUT2D eigenvalue weighted by molar-refractivity contribution is 0.0931. The lowest BCUT2D eigenvalue weighted by Gasteiger charge is -2.30. The predicted molar refractivity (Wildman–Crippen MR) is 76.0 cm³/mol. The molecule has 1 aromatic carbocycles. The van der Waals surface area contributed by atoms with E-state index in [1.165, 1.54) is 14.2 Å². The number of fused-ring (bicyclic) bond motifs is 1. The Bertz CT molecular complexity index is 525. The van der Waals surface area contributed by atoms with Gasteiger partial charge in [-0.2, -0.15) is 0 Å². The van der Waals surface area contributed by atoms with E-state index in [1.807, 2.05) is 6.07 Å². The van der Waals surface area contributed by atoms with Crippen molar-refractivity contribution in [3.05, 3.63) is 17.2 Å². The molecule has 0 bridgehead atoms. The summed E-state index contributed by atoms with van der Waals surface area (Å²) in [6.07, 6.45) is 0. The van der Waals surface area contributed by atoms with E-state index in [-0.39, 0.29) is 11.8 Å². The van der Waals surface area contributed by atoms with Gasteiger partial charge in [-0.25, -0.2) is 0 Å². The van der Waals surface area contributed by atoms with Crippen molar-refractivity contribution in [3.63, 3.8) is 0 Å². The van der Waals surface area contributed by atoms with Crippen LogP contribution in [0.4, 0.5) is 0 Å². The van der Waals surface area contributed by atoms with Crippen molar-refractivity contribution >= 4 is 5.91 Å². The average Bonchev–Trinajstić information content (AvgIpc) is 2.44. The van der Waals surface area contributed by atoms with E-state index in [4.69, 9.17) is 14.2 Å². The molecular formula is C15H21NO4. The van der Waals surface area contributed by atoms with Crippen molar-refractivity contribution in [1.29, 1.82) is 0 Å². The van der Waals surface area contributed by atoms with Gasteiger partial charge in [0.2, 0.25) is 5.75 Å². The Morgan fingerprint density at radius 2 is 1.80 bits per heavy atom. The maximum Gasteiger partial charge on any atom is 0.255 e. The molecule has 1 unspecified atom stereocenters. The smallest absolute Gasteiger partial charge is 0.255 e. The standard InChI is InChI=1S/C15H21NO4/c1-8(2)10-7-16-15(17)12-9(10)6-11(18-3)13(19-4)14(12)20-5/h6,8,10H,7H2,1-5H3,(H,16,17). The van der Waals surface area contributed by atoms with Crippen molar-refractivity contribution in [1.82, 2.24) is 5.32 Å². The summed E-state index contributed by atoms with van der Waals surface area (Å²) in [7, 11) is 4.65. The van der Waals surface area contributed by atoms with Gasteiger partial charge in [0.05, 0.1) is 26.9 Å². The summed E-state index contributed by atoms with van der Waals surface area (Å²) in [6.45, 7) is 4.90. The maximum absolute atomic E-state index is 12.2. The van der Waals surface area contributed by atoms with E-state index >= 15 is 0 Å². The van der Waals surface area contributed by atoms with Gasteiger partial charge in [-0.1, -0.05) is 13.8 Å². The third-order valence-corrected chi connectivity index (χ3v) is 3.77. The molecule has 1 amide bonds. The fourth-order valence-electron chi connectivity index (χ4n) is 2.70. The lowest BCUT2D eigenvalue weighted by Crippen LogP contribution is -2.37. The van der Waals surface area contributed by atoms with E-state index in [0.29, 0.717) is 35.3 Å². The quantitative estimate of drug-likeness (QED) is 0.918. The molecule has 1 aromatic rings. The molecule has 110 valence electrons. The fourth-order valence-corrected chi connectivity index (χ4v) is 2.70. The second-order valence-corrected chi connectivity index (χ2v) is 5.17. The highest BCUT2D eigenvalue weighted by atomic mass is 16.5. The summed E-state index contributed by atoms with van der Waals surface area (Å²) in [5, 5.41) is 2.92. The molecule has 0 saturated carbocycles. The van der Waals surface area contributed by atoms with E-state index in [1.54, 1.807) is 7.11 Å². The van der Waals surface area contributed by atoms with Gasteiger partial charge >= 0.3 is 0 Å². The monoisotopic (exact) mass is 279 g/mol. The highest BCUT2D eigenvalue weighted by Crippen LogP contribution is 2.46. The minimum absolute atomic E-state index is 0.130. The Labute approximate surface area is 119 Å². The third kappa shape index (κ3) is 2.17. The number of amides is 1. The van der Waals surface area contributed by atoms with Crippen molar-refractivity contribution < 1.29 is 19.0 Å². The zero-order chi connectivity index (χ0) is 14.9. The summed E-state index contributed by atoms with van der Waals surface area (Å²) in [5.41, 5.74) is 1.51. The first-order valence-corrected chi connectivity index (χ1v) is 6.66. The van der Waals surface area contributed by atoms with Crippen LogP contribution in [0.3, 0.4) is 0 Å². The molecule has 1 atom stereocenters. The van der Waals surface area contributed by atoms with Gasteiger partial charge in [-0.15, -0.1) is 0 Å². The SMILES string of the molecule is COc1cc2c(c(OC)c1OC)C(=O)NCC2C(C)C. The molecule has 0 radical (unpaired) electrons. The van der Waals surface area contributed by atoms with Crippen LogP contribution >= 0.6 is 0 Å². The van der Waals surface area contributed by atoms with Crippen LogP contribution < -0.4 is 19.5 Å². The van der Waals surface area contributed by atoms with Gasteiger partial charge < -0.3 is 19.5 Å². The average molecular weight is 279 g/mol. The fraction of sp³-hybridized carbons (Fsp3) is 0.533.